The Kier molecular flexibility index (Phi) is 6.29. The van der Waals surface area contributed by atoms with Crippen molar-refractivity contribution >= 4 is 17.5 Å². The van der Waals surface area contributed by atoms with Crippen molar-refractivity contribution in [1.29, 1.82) is 0 Å². The second-order valence-corrected chi connectivity index (χ2v) is 7.28. The lowest BCUT2D eigenvalue weighted by atomic mass is 10.2. The highest BCUT2D eigenvalue weighted by Crippen LogP contribution is 2.23. The van der Waals surface area contributed by atoms with Gasteiger partial charge in [-0.15, -0.1) is 0 Å². The van der Waals surface area contributed by atoms with Gasteiger partial charge in [-0.05, 0) is 49.4 Å². The van der Waals surface area contributed by atoms with E-state index in [-0.39, 0.29) is 5.91 Å². The lowest BCUT2D eigenvalue weighted by Crippen LogP contribution is -2.38. The summed E-state index contributed by atoms with van der Waals surface area (Å²) in [5, 5.41) is 8.20. The van der Waals surface area contributed by atoms with Crippen LogP contribution in [0.15, 0.2) is 53.1 Å². The van der Waals surface area contributed by atoms with Gasteiger partial charge in [-0.1, -0.05) is 11.6 Å². The van der Waals surface area contributed by atoms with E-state index >= 15 is 0 Å². The van der Waals surface area contributed by atoms with Gasteiger partial charge in [0.25, 0.3) is 5.91 Å². The Balaban J connectivity index is 1.47. The van der Waals surface area contributed by atoms with E-state index in [1.165, 1.54) is 0 Å². The number of hydrogen-bond donors (Lipinski definition) is 1. The van der Waals surface area contributed by atoms with E-state index in [2.05, 4.69) is 15.3 Å². The number of halogens is 1. The van der Waals surface area contributed by atoms with Crippen LogP contribution in [-0.2, 0) is 4.74 Å². The molecule has 1 amide bonds. The fourth-order valence-corrected chi connectivity index (χ4v) is 3.41. The van der Waals surface area contributed by atoms with Crippen LogP contribution < -0.4 is 5.32 Å². The van der Waals surface area contributed by atoms with Crippen molar-refractivity contribution in [3.8, 4) is 17.1 Å². The number of ether oxygens (including phenoxy) is 1. The summed E-state index contributed by atoms with van der Waals surface area (Å²) in [6.45, 7) is 4.99. The van der Waals surface area contributed by atoms with Crippen LogP contribution in [-0.4, -0.2) is 60.0 Å². The quantitative estimate of drug-likeness (QED) is 0.601. The van der Waals surface area contributed by atoms with E-state index in [4.69, 9.17) is 20.8 Å². The van der Waals surface area contributed by atoms with Crippen LogP contribution in [0.2, 0.25) is 5.02 Å². The summed E-state index contributed by atoms with van der Waals surface area (Å²) in [4.78, 5) is 15.2. The van der Waals surface area contributed by atoms with E-state index in [0.29, 0.717) is 28.7 Å². The maximum Gasteiger partial charge on any atom is 0.270 e. The summed E-state index contributed by atoms with van der Waals surface area (Å²) in [6, 6.07) is 12.6. The molecule has 1 aliphatic heterocycles. The van der Waals surface area contributed by atoms with Crippen LogP contribution in [0.3, 0.4) is 0 Å². The molecular formula is C21H23ClN4O3. The minimum atomic E-state index is -0.174. The van der Waals surface area contributed by atoms with Gasteiger partial charge in [0, 0.05) is 30.7 Å². The van der Waals surface area contributed by atoms with Crippen LogP contribution in [0.25, 0.3) is 17.1 Å². The molecule has 29 heavy (non-hydrogen) atoms. The van der Waals surface area contributed by atoms with Crippen molar-refractivity contribution < 1.29 is 13.9 Å². The molecule has 0 unspecified atom stereocenters. The number of hydrogen-bond acceptors (Lipinski definition) is 5. The number of furan rings is 1. The maximum absolute atomic E-state index is 12.9. The number of morpholine rings is 1. The first-order valence-corrected chi connectivity index (χ1v) is 10.1. The monoisotopic (exact) mass is 414 g/mol. The highest BCUT2D eigenvalue weighted by molar-refractivity contribution is 6.30. The number of carbonyl (C=O) groups excluding carboxylic acids is 1. The van der Waals surface area contributed by atoms with Crippen molar-refractivity contribution in [3.05, 3.63) is 59.4 Å². The van der Waals surface area contributed by atoms with Gasteiger partial charge >= 0.3 is 0 Å². The molecule has 1 saturated heterocycles. The molecule has 7 nitrogen and oxygen atoms in total. The highest BCUT2D eigenvalue weighted by atomic mass is 35.5. The lowest BCUT2D eigenvalue weighted by Gasteiger charge is -2.26. The number of aromatic nitrogens is 2. The Labute approximate surface area is 174 Å². The zero-order valence-electron chi connectivity index (χ0n) is 16.0. The van der Waals surface area contributed by atoms with Crippen LogP contribution in [0.4, 0.5) is 0 Å². The molecule has 0 spiro atoms. The highest BCUT2D eigenvalue weighted by Gasteiger charge is 2.19. The fourth-order valence-electron chi connectivity index (χ4n) is 3.29. The first kappa shape index (κ1) is 19.7. The molecule has 2 aromatic heterocycles. The Bertz CT molecular complexity index is 932. The zero-order valence-corrected chi connectivity index (χ0v) is 16.8. The van der Waals surface area contributed by atoms with Gasteiger partial charge in [0.15, 0.2) is 5.76 Å². The zero-order chi connectivity index (χ0) is 20.1. The van der Waals surface area contributed by atoms with Gasteiger partial charge < -0.3 is 14.5 Å². The molecular weight excluding hydrogens is 392 g/mol. The van der Waals surface area contributed by atoms with Crippen molar-refractivity contribution in [3.63, 3.8) is 0 Å². The Morgan fingerprint density at radius 3 is 2.69 bits per heavy atom. The smallest absolute Gasteiger partial charge is 0.270 e. The summed E-state index contributed by atoms with van der Waals surface area (Å²) in [5.74, 6) is 0.436. The normalized spacial score (nSPS) is 14.8. The molecule has 8 heteroatoms. The summed E-state index contributed by atoms with van der Waals surface area (Å²) < 4.78 is 12.4. The summed E-state index contributed by atoms with van der Waals surface area (Å²) in [5.41, 5.74) is 1.80. The predicted octanol–water partition coefficient (Wildman–Crippen LogP) is 3.24. The van der Waals surface area contributed by atoms with E-state index in [1.54, 1.807) is 35.2 Å². The van der Waals surface area contributed by atoms with Gasteiger partial charge in [-0.25, -0.2) is 4.68 Å². The van der Waals surface area contributed by atoms with Gasteiger partial charge in [0.05, 0.1) is 25.2 Å². The van der Waals surface area contributed by atoms with Crippen LogP contribution >= 0.6 is 11.6 Å². The van der Waals surface area contributed by atoms with Gasteiger partial charge in [0.1, 0.15) is 11.4 Å². The second kappa shape index (κ2) is 9.26. The number of amides is 1. The molecule has 1 fully saturated rings. The standard InChI is InChI=1S/C21H23ClN4O3/c22-16-4-6-17(7-5-16)26-19(15-18(24-26)20-3-1-12-29-20)21(27)23-8-2-9-25-10-13-28-14-11-25/h1,3-7,12,15H,2,8-11,13-14H2,(H,23,27). The molecule has 0 aliphatic carbocycles. The molecule has 152 valence electrons. The number of benzene rings is 1. The van der Waals surface area contributed by atoms with Crippen molar-refractivity contribution in [1.82, 2.24) is 20.0 Å². The van der Waals surface area contributed by atoms with E-state index in [9.17, 15) is 4.79 Å². The third-order valence-electron chi connectivity index (χ3n) is 4.83. The Hall–Kier alpha value is -2.61. The summed E-state index contributed by atoms with van der Waals surface area (Å²) >= 11 is 6.00. The van der Waals surface area contributed by atoms with Crippen LogP contribution in [0, 0.1) is 0 Å². The van der Waals surface area contributed by atoms with Gasteiger partial charge in [-0.2, -0.15) is 5.10 Å². The predicted molar refractivity (Wildman–Crippen MR) is 110 cm³/mol. The van der Waals surface area contributed by atoms with Crippen molar-refractivity contribution in [2.24, 2.45) is 0 Å². The first-order valence-electron chi connectivity index (χ1n) is 9.69. The fraction of sp³-hybridized carbons (Fsp3) is 0.333. The Morgan fingerprint density at radius 1 is 1.17 bits per heavy atom. The maximum atomic E-state index is 12.9. The molecule has 3 heterocycles. The molecule has 1 N–H and O–H groups in total. The molecule has 0 bridgehead atoms. The average molecular weight is 415 g/mol. The molecule has 4 rings (SSSR count). The third-order valence-corrected chi connectivity index (χ3v) is 5.08. The van der Waals surface area contributed by atoms with E-state index in [1.807, 2.05) is 18.2 Å². The topological polar surface area (TPSA) is 72.5 Å². The molecule has 0 radical (unpaired) electrons. The van der Waals surface area contributed by atoms with Crippen molar-refractivity contribution in [2.45, 2.75) is 6.42 Å². The first-order chi connectivity index (χ1) is 14.2. The molecule has 1 aliphatic rings. The van der Waals surface area contributed by atoms with E-state index < -0.39 is 0 Å². The van der Waals surface area contributed by atoms with Gasteiger partial charge in [-0.3, -0.25) is 9.69 Å². The molecule has 1 aromatic carbocycles. The minimum absolute atomic E-state index is 0.174. The number of nitrogens with zero attached hydrogens (tertiary/aromatic N) is 3. The third kappa shape index (κ3) is 4.87. The van der Waals surface area contributed by atoms with Crippen LogP contribution in [0.1, 0.15) is 16.9 Å². The SMILES string of the molecule is O=C(NCCCN1CCOCC1)c1cc(-c2ccco2)nn1-c1ccc(Cl)cc1. The minimum Gasteiger partial charge on any atom is -0.463 e. The van der Waals surface area contributed by atoms with Crippen LogP contribution in [0.5, 0.6) is 0 Å². The second-order valence-electron chi connectivity index (χ2n) is 6.84. The summed E-state index contributed by atoms with van der Waals surface area (Å²) in [6.07, 6.45) is 2.47. The average Bonchev–Trinajstić information content (AvgIpc) is 3.42. The Morgan fingerprint density at radius 2 is 1.97 bits per heavy atom. The number of rotatable bonds is 7. The lowest BCUT2D eigenvalue weighted by molar-refractivity contribution is 0.0374. The van der Waals surface area contributed by atoms with Crippen molar-refractivity contribution in [2.75, 3.05) is 39.4 Å². The summed E-state index contributed by atoms with van der Waals surface area (Å²) in [7, 11) is 0. The number of carbonyl (C=O) groups is 1. The molecule has 0 saturated carbocycles. The van der Waals surface area contributed by atoms with Gasteiger partial charge in [0.2, 0.25) is 0 Å². The molecule has 0 atom stereocenters. The molecule has 3 aromatic rings. The van der Waals surface area contributed by atoms with E-state index in [0.717, 1.165) is 45.0 Å². The number of nitrogens with one attached hydrogen (secondary N) is 1. The largest absolute Gasteiger partial charge is 0.463 e.